The molecule has 0 spiro atoms. The van der Waals surface area contributed by atoms with Crippen LogP contribution in [0.3, 0.4) is 0 Å². The Morgan fingerprint density at radius 3 is 2.23 bits per heavy atom. The van der Waals surface area contributed by atoms with Crippen LogP contribution >= 0.6 is 0 Å². The van der Waals surface area contributed by atoms with Gasteiger partial charge in [0.25, 0.3) is 0 Å². The van der Waals surface area contributed by atoms with Crippen molar-refractivity contribution in [2.75, 3.05) is 0 Å². The molecule has 0 radical (unpaired) electrons. The lowest BCUT2D eigenvalue weighted by molar-refractivity contribution is -0.142. The highest BCUT2D eigenvalue weighted by atomic mass is 19.1. The number of nitrogens with one attached hydrogen (secondary N) is 1. The molecule has 0 saturated carbocycles. The quantitative estimate of drug-likeness (QED) is 0.722. The van der Waals surface area contributed by atoms with Gasteiger partial charge in [-0.05, 0) is 36.6 Å². The van der Waals surface area contributed by atoms with Crippen LogP contribution in [0.2, 0.25) is 0 Å². The number of amides is 1. The highest BCUT2D eigenvalue weighted by Crippen LogP contribution is 2.09. The summed E-state index contributed by atoms with van der Waals surface area (Å²) < 4.78 is 12.8. The Labute approximate surface area is 128 Å². The molecule has 22 heavy (non-hydrogen) atoms. The number of carbonyl (C=O) groups excluding carboxylic acids is 2. The van der Waals surface area contributed by atoms with Gasteiger partial charge in [0.15, 0.2) is 5.78 Å². The van der Waals surface area contributed by atoms with Crippen molar-refractivity contribution in [1.82, 2.24) is 5.32 Å². The molecular weight excluding hydrogens is 289 g/mol. The molecule has 0 fully saturated rings. The number of carbonyl (C=O) groups is 3. The van der Waals surface area contributed by atoms with Crippen LogP contribution in [0.5, 0.6) is 0 Å². The lowest BCUT2D eigenvalue weighted by atomic mass is 10.0. The second kappa shape index (κ2) is 8.26. The zero-order valence-corrected chi connectivity index (χ0v) is 12.6. The molecule has 0 aliphatic heterocycles. The van der Waals surface area contributed by atoms with Crippen LogP contribution in [0.1, 0.15) is 43.5 Å². The Kier molecular flexibility index (Phi) is 6.69. The number of carboxylic acid groups (broad SMARTS) is 1. The highest BCUT2D eigenvalue weighted by Gasteiger charge is 2.21. The first-order valence-electron chi connectivity index (χ1n) is 7.10. The molecule has 0 heterocycles. The smallest absolute Gasteiger partial charge is 0.326 e. The molecule has 1 unspecified atom stereocenters. The molecule has 120 valence electrons. The van der Waals surface area contributed by atoms with Crippen molar-refractivity contribution >= 4 is 17.7 Å². The molecule has 0 bridgehead atoms. The molecule has 1 amide bonds. The Morgan fingerprint density at radius 2 is 1.73 bits per heavy atom. The van der Waals surface area contributed by atoms with Gasteiger partial charge >= 0.3 is 5.97 Å². The third kappa shape index (κ3) is 6.03. The van der Waals surface area contributed by atoms with E-state index in [9.17, 15) is 18.8 Å². The number of aliphatic carboxylic acids is 1. The van der Waals surface area contributed by atoms with Gasteiger partial charge in [0.2, 0.25) is 5.91 Å². The van der Waals surface area contributed by atoms with Crippen molar-refractivity contribution in [3.63, 3.8) is 0 Å². The molecule has 1 aromatic carbocycles. The number of Topliss-reactive ketones (excluding diaryl/α,β-unsaturated/α-hetero) is 1. The van der Waals surface area contributed by atoms with Gasteiger partial charge in [0.05, 0.1) is 0 Å². The minimum Gasteiger partial charge on any atom is -0.480 e. The van der Waals surface area contributed by atoms with Crippen LogP contribution in [0.25, 0.3) is 0 Å². The SMILES string of the molecule is CC(C)CC(NC(=O)CCC(=O)c1ccc(F)cc1)C(=O)O. The van der Waals surface area contributed by atoms with Gasteiger partial charge in [-0.1, -0.05) is 13.8 Å². The summed E-state index contributed by atoms with van der Waals surface area (Å²) in [6.45, 7) is 3.72. The predicted octanol–water partition coefficient (Wildman–Crippen LogP) is 2.40. The molecular formula is C16H20FNO4. The van der Waals surface area contributed by atoms with Crippen LogP contribution in [0.4, 0.5) is 4.39 Å². The number of hydrogen-bond acceptors (Lipinski definition) is 3. The Morgan fingerprint density at radius 1 is 1.14 bits per heavy atom. The van der Waals surface area contributed by atoms with Gasteiger partial charge in [0, 0.05) is 18.4 Å². The largest absolute Gasteiger partial charge is 0.480 e. The monoisotopic (exact) mass is 309 g/mol. The van der Waals surface area contributed by atoms with Crippen molar-refractivity contribution in [2.45, 2.75) is 39.2 Å². The van der Waals surface area contributed by atoms with E-state index in [1.165, 1.54) is 24.3 Å². The standard InChI is InChI=1S/C16H20FNO4/c1-10(2)9-13(16(21)22)18-15(20)8-7-14(19)11-3-5-12(17)6-4-11/h3-6,10,13H,7-9H2,1-2H3,(H,18,20)(H,21,22). The molecule has 0 aliphatic carbocycles. The minimum atomic E-state index is -1.09. The normalized spacial score (nSPS) is 12.0. The second-order valence-corrected chi connectivity index (χ2v) is 5.52. The van der Waals surface area contributed by atoms with E-state index in [1.54, 1.807) is 0 Å². The molecule has 0 aliphatic rings. The average molecular weight is 309 g/mol. The fraction of sp³-hybridized carbons (Fsp3) is 0.438. The fourth-order valence-electron chi connectivity index (χ4n) is 1.97. The van der Waals surface area contributed by atoms with Gasteiger partial charge in [-0.2, -0.15) is 0 Å². The summed E-state index contributed by atoms with van der Waals surface area (Å²) in [7, 11) is 0. The highest BCUT2D eigenvalue weighted by molar-refractivity contribution is 5.98. The maximum atomic E-state index is 12.8. The molecule has 0 aromatic heterocycles. The Bertz CT molecular complexity index is 540. The maximum Gasteiger partial charge on any atom is 0.326 e. The van der Waals surface area contributed by atoms with Crippen molar-refractivity contribution in [2.24, 2.45) is 5.92 Å². The molecule has 1 rings (SSSR count). The summed E-state index contributed by atoms with van der Waals surface area (Å²) >= 11 is 0. The summed E-state index contributed by atoms with van der Waals surface area (Å²) in [5.41, 5.74) is 0.325. The summed E-state index contributed by atoms with van der Waals surface area (Å²) in [5.74, 6) is -2.17. The predicted molar refractivity (Wildman–Crippen MR) is 79.0 cm³/mol. The number of benzene rings is 1. The van der Waals surface area contributed by atoms with Crippen molar-refractivity contribution < 1.29 is 23.9 Å². The fourth-order valence-corrected chi connectivity index (χ4v) is 1.97. The van der Waals surface area contributed by atoms with Gasteiger partial charge < -0.3 is 10.4 Å². The van der Waals surface area contributed by atoms with Gasteiger partial charge in [-0.3, -0.25) is 9.59 Å². The number of ketones is 1. The number of hydrogen-bond donors (Lipinski definition) is 2. The summed E-state index contributed by atoms with van der Waals surface area (Å²) in [4.78, 5) is 34.6. The van der Waals surface area contributed by atoms with E-state index in [-0.39, 0.29) is 24.5 Å². The van der Waals surface area contributed by atoms with Gasteiger partial charge in [-0.15, -0.1) is 0 Å². The zero-order chi connectivity index (χ0) is 16.7. The summed E-state index contributed by atoms with van der Waals surface area (Å²) in [6, 6.07) is 4.11. The first-order chi connectivity index (χ1) is 10.3. The first-order valence-corrected chi connectivity index (χ1v) is 7.10. The van der Waals surface area contributed by atoms with Crippen molar-refractivity contribution in [3.8, 4) is 0 Å². The van der Waals surface area contributed by atoms with E-state index in [2.05, 4.69) is 5.32 Å². The van der Waals surface area contributed by atoms with Gasteiger partial charge in [-0.25, -0.2) is 9.18 Å². The number of halogens is 1. The van der Waals surface area contributed by atoms with Crippen LogP contribution in [0.15, 0.2) is 24.3 Å². The molecule has 0 saturated heterocycles. The third-order valence-corrected chi connectivity index (χ3v) is 3.09. The minimum absolute atomic E-state index is 0.0501. The van der Waals surface area contributed by atoms with E-state index in [1.807, 2.05) is 13.8 Å². The van der Waals surface area contributed by atoms with E-state index < -0.39 is 23.7 Å². The second-order valence-electron chi connectivity index (χ2n) is 5.52. The number of carboxylic acids is 1. The number of rotatable bonds is 8. The molecule has 5 nitrogen and oxygen atoms in total. The lowest BCUT2D eigenvalue weighted by Crippen LogP contribution is -2.41. The Hall–Kier alpha value is -2.24. The first kappa shape index (κ1) is 17.8. The third-order valence-electron chi connectivity index (χ3n) is 3.09. The van der Waals surface area contributed by atoms with Crippen LogP contribution in [0, 0.1) is 11.7 Å². The van der Waals surface area contributed by atoms with Gasteiger partial charge in [0.1, 0.15) is 11.9 Å². The maximum absolute atomic E-state index is 12.8. The molecule has 2 N–H and O–H groups in total. The Balaban J connectivity index is 2.49. The van der Waals surface area contributed by atoms with Crippen LogP contribution in [-0.4, -0.2) is 28.8 Å². The van der Waals surface area contributed by atoms with E-state index >= 15 is 0 Å². The lowest BCUT2D eigenvalue weighted by Gasteiger charge is -2.16. The van der Waals surface area contributed by atoms with Crippen LogP contribution in [-0.2, 0) is 9.59 Å². The zero-order valence-electron chi connectivity index (χ0n) is 12.6. The van der Waals surface area contributed by atoms with Crippen LogP contribution < -0.4 is 5.32 Å². The van der Waals surface area contributed by atoms with Crippen molar-refractivity contribution in [1.29, 1.82) is 0 Å². The average Bonchev–Trinajstić information content (AvgIpc) is 2.44. The van der Waals surface area contributed by atoms with E-state index in [4.69, 9.17) is 5.11 Å². The molecule has 6 heteroatoms. The van der Waals surface area contributed by atoms with Crippen molar-refractivity contribution in [3.05, 3.63) is 35.6 Å². The molecule has 1 aromatic rings. The van der Waals surface area contributed by atoms with E-state index in [0.29, 0.717) is 12.0 Å². The molecule has 1 atom stereocenters. The topological polar surface area (TPSA) is 83.5 Å². The summed E-state index contributed by atoms with van der Waals surface area (Å²) in [5, 5.41) is 11.4. The summed E-state index contributed by atoms with van der Waals surface area (Å²) in [6.07, 6.45) is 0.177. The van der Waals surface area contributed by atoms with E-state index in [0.717, 1.165) is 0 Å².